The highest BCUT2D eigenvalue weighted by molar-refractivity contribution is 7.89. The van der Waals surface area contributed by atoms with Crippen LogP contribution in [-0.4, -0.2) is 27.6 Å². The number of rotatable bonds is 9. The highest BCUT2D eigenvalue weighted by atomic mass is 32.2. The van der Waals surface area contributed by atoms with Crippen molar-refractivity contribution in [3.63, 3.8) is 0 Å². The molecular formula is C24H25NO5S. The van der Waals surface area contributed by atoms with Crippen molar-refractivity contribution in [2.45, 2.75) is 24.3 Å². The predicted octanol–water partition coefficient (Wildman–Crippen LogP) is 3.87. The van der Waals surface area contributed by atoms with E-state index in [-0.39, 0.29) is 18.1 Å². The monoisotopic (exact) mass is 439 g/mol. The standard InChI is InChI=1S/C24H25NO5S/c1-3-29-23(26)18-30-21-16-14-20(15-17-21)24(2,19-10-6-4-7-11-19)25-31(27,28)22-12-8-5-9-13-22/h4-17,25H,3,18H2,1-2H3. The van der Waals surface area contributed by atoms with Crippen LogP contribution in [-0.2, 0) is 25.1 Å². The molecule has 3 aromatic carbocycles. The summed E-state index contributed by atoms with van der Waals surface area (Å²) in [7, 11) is -3.79. The number of hydrogen-bond donors (Lipinski definition) is 1. The average Bonchev–Trinajstić information content (AvgIpc) is 2.79. The van der Waals surface area contributed by atoms with Gasteiger partial charge in [-0.2, -0.15) is 4.72 Å². The number of hydrogen-bond acceptors (Lipinski definition) is 5. The smallest absolute Gasteiger partial charge is 0.344 e. The van der Waals surface area contributed by atoms with E-state index in [1.807, 2.05) is 37.3 Å². The Bertz CT molecular complexity index is 1100. The Hall–Kier alpha value is -3.16. The predicted molar refractivity (Wildman–Crippen MR) is 118 cm³/mol. The summed E-state index contributed by atoms with van der Waals surface area (Å²) in [5.74, 6) is 0.0365. The van der Waals surface area contributed by atoms with E-state index in [1.165, 1.54) is 0 Å². The molecule has 31 heavy (non-hydrogen) atoms. The molecule has 0 bridgehead atoms. The first kappa shape index (κ1) is 22.5. The second-order valence-electron chi connectivity index (χ2n) is 7.03. The zero-order valence-corrected chi connectivity index (χ0v) is 18.3. The molecule has 1 unspecified atom stereocenters. The SMILES string of the molecule is CCOC(=O)COc1ccc(C(C)(NS(=O)(=O)c2ccccc2)c2ccccc2)cc1. The van der Waals surface area contributed by atoms with Crippen molar-refractivity contribution >= 4 is 16.0 Å². The van der Waals surface area contributed by atoms with E-state index in [0.717, 1.165) is 11.1 Å². The second kappa shape index (κ2) is 9.76. The summed E-state index contributed by atoms with van der Waals surface area (Å²) in [6.45, 7) is 3.65. The van der Waals surface area contributed by atoms with Gasteiger partial charge in [-0.3, -0.25) is 0 Å². The molecule has 1 atom stereocenters. The Morgan fingerprint density at radius 3 is 2.00 bits per heavy atom. The lowest BCUT2D eigenvalue weighted by molar-refractivity contribution is -0.145. The first-order chi connectivity index (χ1) is 14.8. The highest BCUT2D eigenvalue weighted by Crippen LogP contribution is 2.32. The van der Waals surface area contributed by atoms with Crippen molar-refractivity contribution in [1.82, 2.24) is 4.72 Å². The Morgan fingerprint density at radius 1 is 0.871 bits per heavy atom. The maximum atomic E-state index is 13.1. The average molecular weight is 440 g/mol. The van der Waals surface area contributed by atoms with E-state index in [4.69, 9.17) is 9.47 Å². The summed E-state index contributed by atoms with van der Waals surface area (Å²) in [6, 6.07) is 24.6. The van der Waals surface area contributed by atoms with Gasteiger partial charge >= 0.3 is 5.97 Å². The zero-order chi connectivity index (χ0) is 22.3. The molecular weight excluding hydrogens is 414 g/mol. The van der Waals surface area contributed by atoms with E-state index in [0.29, 0.717) is 5.75 Å². The van der Waals surface area contributed by atoms with Crippen molar-refractivity contribution in [2.24, 2.45) is 0 Å². The quantitative estimate of drug-likeness (QED) is 0.512. The van der Waals surface area contributed by atoms with Crippen LogP contribution in [0.2, 0.25) is 0 Å². The number of nitrogens with one attached hydrogen (secondary N) is 1. The summed E-state index contributed by atoms with van der Waals surface area (Å²) >= 11 is 0. The number of carbonyl (C=O) groups is 1. The molecule has 0 fully saturated rings. The fourth-order valence-electron chi connectivity index (χ4n) is 3.21. The number of benzene rings is 3. The lowest BCUT2D eigenvalue weighted by Crippen LogP contribution is -2.44. The maximum absolute atomic E-state index is 13.1. The Labute approximate surface area is 182 Å². The number of ether oxygens (including phenoxy) is 2. The molecule has 0 aliphatic carbocycles. The van der Waals surface area contributed by atoms with Crippen LogP contribution in [0.15, 0.2) is 89.8 Å². The molecule has 162 valence electrons. The van der Waals surface area contributed by atoms with Crippen LogP contribution in [0.5, 0.6) is 5.75 Å². The number of carbonyl (C=O) groups excluding carboxylic acids is 1. The molecule has 6 nitrogen and oxygen atoms in total. The third kappa shape index (κ3) is 5.51. The Balaban J connectivity index is 1.92. The van der Waals surface area contributed by atoms with Crippen LogP contribution in [0.25, 0.3) is 0 Å². The van der Waals surface area contributed by atoms with Crippen LogP contribution in [0.3, 0.4) is 0 Å². The summed E-state index contributed by atoms with van der Waals surface area (Å²) < 4.78 is 39.4. The van der Waals surface area contributed by atoms with Crippen molar-refractivity contribution in [3.05, 3.63) is 96.1 Å². The van der Waals surface area contributed by atoms with Gasteiger partial charge in [-0.25, -0.2) is 13.2 Å². The fourth-order valence-corrected chi connectivity index (χ4v) is 4.62. The van der Waals surface area contributed by atoms with Crippen LogP contribution in [0.1, 0.15) is 25.0 Å². The van der Waals surface area contributed by atoms with Gasteiger partial charge in [0.25, 0.3) is 0 Å². The van der Waals surface area contributed by atoms with E-state index in [1.54, 1.807) is 61.5 Å². The molecule has 0 heterocycles. The van der Waals surface area contributed by atoms with Gasteiger partial charge in [0, 0.05) is 0 Å². The second-order valence-corrected chi connectivity index (χ2v) is 8.71. The fraction of sp³-hybridized carbons (Fsp3) is 0.208. The van der Waals surface area contributed by atoms with Gasteiger partial charge in [0.2, 0.25) is 10.0 Å². The van der Waals surface area contributed by atoms with E-state index < -0.39 is 21.5 Å². The van der Waals surface area contributed by atoms with Gasteiger partial charge in [0.05, 0.1) is 17.0 Å². The number of sulfonamides is 1. The van der Waals surface area contributed by atoms with Crippen molar-refractivity contribution in [3.8, 4) is 5.75 Å². The molecule has 0 radical (unpaired) electrons. The molecule has 0 aromatic heterocycles. The van der Waals surface area contributed by atoms with Crippen LogP contribution >= 0.6 is 0 Å². The minimum atomic E-state index is -3.79. The zero-order valence-electron chi connectivity index (χ0n) is 17.4. The molecule has 0 spiro atoms. The molecule has 7 heteroatoms. The maximum Gasteiger partial charge on any atom is 0.344 e. The molecule has 3 rings (SSSR count). The van der Waals surface area contributed by atoms with E-state index in [9.17, 15) is 13.2 Å². The van der Waals surface area contributed by atoms with Gasteiger partial charge in [0.1, 0.15) is 5.75 Å². The molecule has 0 aliphatic rings. The van der Waals surface area contributed by atoms with Crippen molar-refractivity contribution in [1.29, 1.82) is 0 Å². The van der Waals surface area contributed by atoms with Gasteiger partial charge < -0.3 is 9.47 Å². The normalized spacial score (nSPS) is 13.2. The van der Waals surface area contributed by atoms with Crippen molar-refractivity contribution in [2.75, 3.05) is 13.2 Å². The van der Waals surface area contributed by atoms with Crippen molar-refractivity contribution < 1.29 is 22.7 Å². The molecule has 3 aromatic rings. The van der Waals surface area contributed by atoms with E-state index >= 15 is 0 Å². The summed E-state index contributed by atoms with van der Waals surface area (Å²) in [4.78, 5) is 11.7. The topological polar surface area (TPSA) is 81.7 Å². The third-order valence-electron chi connectivity index (χ3n) is 4.84. The minimum Gasteiger partial charge on any atom is -0.482 e. The van der Waals surface area contributed by atoms with Crippen LogP contribution in [0.4, 0.5) is 0 Å². The first-order valence-electron chi connectivity index (χ1n) is 9.88. The largest absolute Gasteiger partial charge is 0.482 e. The summed E-state index contributed by atoms with van der Waals surface area (Å²) in [5.41, 5.74) is 0.478. The van der Waals surface area contributed by atoms with Gasteiger partial charge in [0.15, 0.2) is 6.61 Å². The lowest BCUT2D eigenvalue weighted by Gasteiger charge is -2.32. The summed E-state index contributed by atoms with van der Waals surface area (Å²) in [6.07, 6.45) is 0. The molecule has 0 saturated heterocycles. The van der Waals surface area contributed by atoms with Gasteiger partial charge in [-0.1, -0.05) is 60.7 Å². The number of esters is 1. The lowest BCUT2D eigenvalue weighted by atomic mass is 9.86. The molecule has 0 saturated carbocycles. The van der Waals surface area contributed by atoms with Crippen LogP contribution in [0, 0.1) is 0 Å². The van der Waals surface area contributed by atoms with Gasteiger partial charge in [-0.15, -0.1) is 0 Å². The third-order valence-corrected chi connectivity index (χ3v) is 6.41. The first-order valence-corrected chi connectivity index (χ1v) is 11.4. The summed E-state index contributed by atoms with van der Waals surface area (Å²) in [5, 5.41) is 0. The highest BCUT2D eigenvalue weighted by Gasteiger charge is 2.34. The molecule has 0 amide bonds. The van der Waals surface area contributed by atoms with E-state index in [2.05, 4.69) is 4.72 Å². The Kier molecular flexibility index (Phi) is 7.09. The molecule has 1 N–H and O–H groups in total. The van der Waals surface area contributed by atoms with Crippen LogP contribution < -0.4 is 9.46 Å². The Morgan fingerprint density at radius 2 is 1.42 bits per heavy atom. The van der Waals surface area contributed by atoms with Gasteiger partial charge in [-0.05, 0) is 49.2 Å². The minimum absolute atomic E-state index is 0.187. The molecule has 0 aliphatic heterocycles.